The van der Waals surface area contributed by atoms with E-state index in [4.69, 9.17) is 17.2 Å². The Kier molecular flexibility index (Phi) is 10.6. The van der Waals surface area contributed by atoms with E-state index in [2.05, 4.69) is 149 Å². The molecular weight excluding hydrogens is 825 g/mol. The topological polar surface area (TPSA) is 58.2 Å². The number of nitrogens with one attached hydrogen (secondary N) is 2. The molecule has 0 aliphatic heterocycles. The number of aryl methyl sites for hydroxylation is 2. The molecule has 2 N–H and O–H groups in total. The summed E-state index contributed by atoms with van der Waals surface area (Å²) >= 11 is -6.03. The molecule has 4 aromatic carbocycles. The van der Waals surface area contributed by atoms with Crippen molar-refractivity contribution in [2.24, 2.45) is 11.8 Å². The van der Waals surface area contributed by atoms with E-state index in [1.54, 1.807) is 0 Å². The molecule has 0 aromatic heterocycles. The van der Waals surface area contributed by atoms with Crippen LogP contribution in [0.5, 0.6) is 0 Å². The molecule has 4 aromatic rings. The Morgan fingerprint density at radius 2 is 1.00 bits per heavy atom. The Bertz CT molecular complexity index is 1880. The third-order valence-corrected chi connectivity index (χ3v) is 39.3. The van der Waals surface area contributed by atoms with Crippen molar-refractivity contribution < 1.29 is 25.5 Å². The van der Waals surface area contributed by atoms with Gasteiger partial charge in [0.25, 0.3) is 0 Å². The zero-order valence-corrected chi connectivity index (χ0v) is 34.9. The molecule has 50 heavy (non-hydrogen) atoms. The van der Waals surface area contributed by atoms with E-state index in [0.29, 0.717) is 24.7 Å². The van der Waals surface area contributed by atoms with E-state index in [1.165, 1.54) is 11.1 Å². The van der Waals surface area contributed by atoms with Gasteiger partial charge in [0.05, 0.1) is 0 Å². The van der Waals surface area contributed by atoms with Gasteiger partial charge in [-0.15, -0.1) is 0 Å². The van der Waals surface area contributed by atoms with Crippen molar-refractivity contribution in [1.82, 2.24) is 10.5 Å². The van der Waals surface area contributed by atoms with Crippen molar-refractivity contribution in [2.45, 2.75) is 61.7 Å². The van der Waals surface area contributed by atoms with E-state index in [0.717, 1.165) is 68.5 Å². The van der Waals surface area contributed by atoms with Crippen molar-refractivity contribution in [1.29, 1.82) is 0 Å². The van der Waals surface area contributed by atoms with Crippen LogP contribution < -0.4 is 10.5 Å². The summed E-state index contributed by atoms with van der Waals surface area (Å²) in [4.78, 5) is 25.0. The third-order valence-electron chi connectivity index (χ3n) is 10.6. The van der Waals surface area contributed by atoms with E-state index in [1.807, 2.05) is 0 Å². The first kappa shape index (κ1) is 36.6. The zero-order valence-electron chi connectivity index (χ0n) is 29.8. The van der Waals surface area contributed by atoms with Crippen LogP contribution in [0.2, 0.25) is 0 Å². The number of allylic oxidation sites excluding steroid dienone is 2. The number of fused-ring (bicyclic) bond motifs is 2. The minimum absolute atomic E-state index is 0.319. The van der Waals surface area contributed by atoms with Gasteiger partial charge >= 0.3 is 308 Å². The summed E-state index contributed by atoms with van der Waals surface area (Å²) in [5.74, 6) is 0.638. The van der Waals surface area contributed by atoms with Crippen LogP contribution >= 0.6 is 17.2 Å². The summed E-state index contributed by atoms with van der Waals surface area (Å²) in [6, 6.07) is 29.7. The maximum atomic E-state index is 12.5. The normalized spacial score (nSPS) is 17.4. The molecule has 0 saturated carbocycles. The van der Waals surface area contributed by atoms with E-state index in [-0.39, 0.29) is 7.35 Å². The summed E-state index contributed by atoms with van der Waals surface area (Å²) in [6.07, 6.45) is 7.45. The van der Waals surface area contributed by atoms with E-state index >= 15 is 0 Å². The van der Waals surface area contributed by atoms with Crippen LogP contribution in [0.1, 0.15) is 81.3 Å². The van der Waals surface area contributed by atoms with Crippen molar-refractivity contribution in [2.75, 3.05) is 0 Å². The van der Waals surface area contributed by atoms with Gasteiger partial charge in [0, 0.05) is 0 Å². The number of halogens is 2. The quantitative estimate of drug-likeness (QED) is 0.104. The van der Waals surface area contributed by atoms with E-state index in [9.17, 15) is 9.59 Å². The van der Waals surface area contributed by atoms with Gasteiger partial charge in [0.15, 0.2) is 0 Å². The molecule has 0 spiro atoms. The maximum absolute atomic E-state index is 12.5. The second-order valence-electron chi connectivity index (χ2n) is 15.0. The summed E-state index contributed by atoms with van der Waals surface area (Å²) in [7, 11) is 17.3. The van der Waals surface area contributed by atoms with Gasteiger partial charge in [-0.2, -0.15) is 0 Å². The molecule has 0 saturated heterocycles. The van der Waals surface area contributed by atoms with Gasteiger partial charge in [-0.1, -0.05) is 0 Å². The van der Waals surface area contributed by atoms with Gasteiger partial charge in [0.2, 0.25) is 0 Å². The standard InChI is InChI=1S/2C20H21.C2H3BN2O2.2ClH.Hf/c2*1-14(2)11-16-12-17-8-6-10-19(20(17)13-16)18-9-5-4-7-15(18)3;6-1-4-3-5-2-7;;;/h2*4-10,12-14H,11H2,1-3H3;1-2H,(H-,4,5,6,7);2*1H;/q;;;;;+1/p-1. The number of carbonyl (C=O) groups excluding carboxylic acids is 2. The molecule has 2 unspecified atom stereocenters. The van der Waals surface area contributed by atoms with Crippen LogP contribution in [-0.4, -0.2) is 17.4 Å². The predicted molar refractivity (Wildman–Crippen MR) is 209 cm³/mol. The number of benzene rings is 4. The number of hydrogen-bond donors (Lipinski definition) is 2. The first-order valence-corrected chi connectivity index (χ1v) is 32.8. The fraction of sp³-hybridized carbons (Fsp3) is 0.286. The Labute approximate surface area is 305 Å². The number of rotatable bonds is 13. The van der Waals surface area contributed by atoms with Crippen LogP contribution in [0, 0.1) is 25.7 Å². The minimum atomic E-state index is -6.03. The Morgan fingerprint density at radius 1 is 0.620 bits per heavy atom. The fourth-order valence-corrected chi connectivity index (χ4v) is 38.2. The number of amides is 2. The summed E-state index contributed by atoms with van der Waals surface area (Å²) in [5, 5.41) is 5.99. The Balaban J connectivity index is 1.70. The molecule has 2 aliphatic carbocycles. The first-order chi connectivity index (χ1) is 23.9. The average Bonchev–Trinajstić information content (AvgIpc) is 3.63. The van der Waals surface area contributed by atoms with Crippen molar-refractivity contribution >= 4 is 46.7 Å². The Hall–Kier alpha value is -3.18. The molecule has 8 heteroatoms. The van der Waals surface area contributed by atoms with Gasteiger partial charge in [0.1, 0.15) is 0 Å². The SMILES string of the molecule is Cc1ccccc1-c1cccc2c1C=C(CC(C)C)[CH]2[Hf]([Cl])([Cl])([B](NC=O)NC=O)[CH]1C(CC(C)C)=Cc2c(-c3ccccc3C)cccc21. The molecule has 4 nitrogen and oxygen atoms in total. The molecule has 0 radical (unpaired) electrons. The molecule has 0 heterocycles. The van der Waals surface area contributed by atoms with Crippen molar-refractivity contribution in [3.05, 3.63) is 129 Å². The molecule has 2 atom stereocenters. The van der Waals surface area contributed by atoms with Crippen LogP contribution in [0.25, 0.3) is 34.4 Å². The number of hydrogen-bond acceptors (Lipinski definition) is 2. The second kappa shape index (κ2) is 14.4. The van der Waals surface area contributed by atoms with Gasteiger partial charge in [-0.05, 0) is 0 Å². The monoisotopic (exact) mass is 871 g/mol. The van der Waals surface area contributed by atoms with Crippen LogP contribution in [0.15, 0.2) is 96.1 Å². The van der Waals surface area contributed by atoms with Gasteiger partial charge in [-0.25, -0.2) is 0 Å². The summed E-state index contributed by atoms with van der Waals surface area (Å²) in [6.45, 7) is 13.1. The van der Waals surface area contributed by atoms with Crippen molar-refractivity contribution in [3.8, 4) is 22.3 Å². The fourth-order valence-electron chi connectivity index (χ4n) is 8.75. The molecule has 2 amide bonds. The molecule has 0 fully saturated rings. The molecule has 6 rings (SSSR count). The zero-order chi connectivity index (χ0) is 35.8. The molecule has 2 aliphatic rings. The van der Waals surface area contributed by atoms with Gasteiger partial charge in [-0.3, -0.25) is 0 Å². The average molecular weight is 871 g/mol. The summed E-state index contributed by atoms with van der Waals surface area (Å²) < 4.78 is -1.70. The Morgan fingerprint density at radius 3 is 1.36 bits per heavy atom. The number of carbonyl (C=O) groups is 2. The van der Waals surface area contributed by atoms with Crippen LogP contribution in [0.4, 0.5) is 0 Å². The predicted octanol–water partition coefficient (Wildman–Crippen LogP) is 10.8. The molecule has 257 valence electrons. The molecular formula is C42H46BCl2HfN2O2. The van der Waals surface area contributed by atoms with Crippen LogP contribution in [0.3, 0.4) is 0 Å². The van der Waals surface area contributed by atoms with Gasteiger partial charge < -0.3 is 0 Å². The van der Waals surface area contributed by atoms with Crippen LogP contribution in [-0.2, 0) is 25.5 Å². The van der Waals surface area contributed by atoms with E-state index < -0.39 is 20.5 Å². The molecule has 0 bridgehead atoms. The third kappa shape index (κ3) is 6.30. The first-order valence-electron chi connectivity index (χ1n) is 17.7. The summed E-state index contributed by atoms with van der Waals surface area (Å²) in [5.41, 5.74) is 13.6. The second-order valence-corrected chi connectivity index (χ2v) is 45.4. The van der Waals surface area contributed by atoms with Crippen molar-refractivity contribution in [3.63, 3.8) is 0 Å².